The van der Waals surface area contributed by atoms with Crippen molar-refractivity contribution in [2.45, 2.75) is 32.0 Å². The van der Waals surface area contributed by atoms with Gasteiger partial charge in [0.2, 0.25) is 0 Å². The lowest BCUT2D eigenvalue weighted by Gasteiger charge is -2.40. The van der Waals surface area contributed by atoms with E-state index in [1.807, 2.05) is 0 Å². The normalized spacial score (nSPS) is 39.8. The molecule has 3 unspecified atom stereocenters. The van der Waals surface area contributed by atoms with Crippen LogP contribution in [0.3, 0.4) is 0 Å². The molecule has 0 radical (unpaired) electrons. The van der Waals surface area contributed by atoms with E-state index < -0.39 is 35.5 Å². The molecular weight excluding hydrogens is 225 g/mol. The van der Waals surface area contributed by atoms with Gasteiger partial charge in [-0.1, -0.05) is 12.2 Å². The molecule has 1 aliphatic rings. The average molecular weight is 238 g/mol. The Morgan fingerprint density at radius 3 is 2.25 bits per heavy atom. The van der Waals surface area contributed by atoms with E-state index in [4.69, 9.17) is 5.11 Å². The van der Waals surface area contributed by atoms with E-state index in [0.29, 0.717) is 0 Å². The minimum atomic E-state index is -4.62. The van der Waals surface area contributed by atoms with Crippen LogP contribution >= 0.6 is 0 Å². The topological polar surface area (TPSA) is 57.5 Å². The molecule has 2 N–H and O–H groups in total. The second kappa shape index (κ2) is 3.48. The van der Waals surface area contributed by atoms with Crippen LogP contribution < -0.4 is 0 Å². The van der Waals surface area contributed by atoms with Crippen LogP contribution in [0.5, 0.6) is 0 Å². The third kappa shape index (κ3) is 2.21. The molecular formula is C10H13F3O3. The third-order valence-corrected chi connectivity index (χ3v) is 3.01. The fourth-order valence-corrected chi connectivity index (χ4v) is 1.77. The smallest absolute Gasteiger partial charge is 0.394 e. The van der Waals surface area contributed by atoms with E-state index in [1.165, 1.54) is 6.92 Å². The van der Waals surface area contributed by atoms with E-state index >= 15 is 0 Å². The number of hydrogen-bond donors (Lipinski definition) is 2. The summed E-state index contributed by atoms with van der Waals surface area (Å²) in [5, 5.41) is 18.4. The van der Waals surface area contributed by atoms with E-state index in [1.54, 1.807) is 0 Å². The van der Waals surface area contributed by atoms with E-state index in [2.05, 4.69) is 0 Å². The summed E-state index contributed by atoms with van der Waals surface area (Å²) in [6.45, 7) is 2.24. The molecule has 0 saturated carbocycles. The van der Waals surface area contributed by atoms with Crippen molar-refractivity contribution < 1.29 is 28.2 Å². The Hall–Kier alpha value is -1.04. The fraction of sp³-hybridized carbons (Fsp3) is 0.700. The molecule has 0 heterocycles. The van der Waals surface area contributed by atoms with Crippen LogP contribution in [0, 0.1) is 11.3 Å². The summed E-state index contributed by atoms with van der Waals surface area (Å²) in [6, 6.07) is 0. The number of hydrogen-bond acceptors (Lipinski definition) is 2. The van der Waals surface area contributed by atoms with Crippen LogP contribution in [-0.2, 0) is 4.79 Å². The molecule has 0 aromatic carbocycles. The first-order chi connectivity index (χ1) is 6.99. The lowest BCUT2D eigenvalue weighted by atomic mass is 9.69. The number of aliphatic hydroxyl groups is 1. The Morgan fingerprint density at radius 1 is 1.38 bits per heavy atom. The lowest BCUT2D eigenvalue weighted by molar-refractivity contribution is -0.223. The summed E-state index contributed by atoms with van der Waals surface area (Å²) >= 11 is 0. The highest BCUT2D eigenvalue weighted by Gasteiger charge is 2.55. The highest BCUT2D eigenvalue weighted by atomic mass is 19.4. The van der Waals surface area contributed by atoms with Crippen molar-refractivity contribution in [3.8, 4) is 0 Å². The number of carbonyl (C=O) groups is 1. The summed E-state index contributed by atoms with van der Waals surface area (Å²) in [6.07, 6.45) is -3.24. The van der Waals surface area contributed by atoms with Crippen LogP contribution in [0.2, 0.25) is 0 Å². The first-order valence-corrected chi connectivity index (χ1v) is 4.72. The molecule has 0 saturated heterocycles. The highest BCUT2D eigenvalue weighted by molar-refractivity contribution is 5.77. The van der Waals surface area contributed by atoms with Crippen LogP contribution in [0.15, 0.2) is 12.2 Å². The monoisotopic (exact) mass is 238 g/mol. The summed E-state index contributed by atoms with van der Waals surface area (Å²) in [4.78, 5) is 10.9. The Labute approximate surface area is 90.6 Å². The Bertz CT molecular complexity index is 333. The molecule has 0 aliphatic heterocycles. The zero-order valence-electron chi connectivity index (χ0n) is 8.88. The van der Waals surface area contributed by atoms with Gasteiger partial charge in [0.1, 0.15) is 0 Å². The average Bonchev–Trinajstić information content (AvgIpc) is 2.07. The molecule has 0 amide bonds. The van der Waals surface area contributed by atoms with Crippen molar-refractivity contribution in [1.82, 2.24) is 0 Å². The molecule has 16 heavy (non-hydrogen) atoms. The van der Waals surface area contributed by atoms with Gasteiger partial charge < -0.3 is 10.2 Å². The number of aliphatic carboxylic acids is 1. The van der Waals surface area contributed by atoms with Crippen LogP contribution in [0.4, 0.5) is 13.2 Å². The third-order valence-electron chi connectivity index (χ3n) is 3.01. The molecule has 0 fully saturated rings. The summed E-state index contributed by atoms with van der Waals surface area (Å²) in [5.74, 6) is -3.39. The minimum Gasteiger partial charge on any atom is -0.481 e. The highest BCUT2D eigenvalue weighted by Crippen LogP contribution is 2.46. The van der Waals surface area contributed by atoms with Gasteiger partial charge >= 0.3 is 12.1 Å². The molecule has 3 atom stereocenters. The number of halogens is 3. The predicted octanol–water partition coefficient (Wildman–Crippen LogP) is 1.97. The summed E-state index contributed by atoms with van der Waals surface area (Å²) in [7, 11) is 0. The molecule has 0 bridgehead atoms. The number of carboxylic acids is 1. The van der Waals surface area contributed by atoms with Crippen LogP contribution in [-0.4, -0.2) is 28.0 Å². The first-order valence-electron chi connectivity index (χ1n) is 4.72. The largest absolute Gasteiger partial charge is 0.481 e. The lowest BCUT2D eigenvalue weighted by Crippen LogP contribution is -2.49. The van der Waals surface area contributed by atoms with Gasteiger partial charge in [0.25, 0.3) is 0 Å². The Balaban J connectivity index is 3.13. The number of carboxylic acid groups (broad SMARTS) is 1. The maximum atomic E-state index is 12.7. The van der Waals surface area contributed by atoms with Gasteiger partial charge in [0.15, 0.2) is 0 Å². The molecule has 1 aliphatic carbocycles. The quantitative estimate of drug-likeness (QED) is 0.686. The van der Waals surface area contributed by atoms with Crippen LogP contribution in [0.1, 0.15) is 20.3 Å². The van der Waals surface area contributed by atoms with Crippen molar-refractivity contribution in [2.75, 3.05) is 0 Å². The Morgan fingerprint density at radius 2 is 1.88 bits per heavy atom. The first kappa shape index (κ1) is 13.0. The molecule has 0 aromatic rings. The second-order valence-electron chi connectivity index (χ2n) is 4.58. The molecule has 0 aromatic heterocycles. The van der Waals surface area contributed by atoms with Crippen LogP contribution in [0.25, 0.3) is 0 Å². The molecule has 1 rings (SSSR count). The van der Waals surface area contributed by atoms with Crippen molar-refractivity contribution in [1.29, 1.82) is 0 Å². The number of alkyl halides is 3. The van der Waals surface area contributed by atoms with Gasteiger partial charge in [-0.15, -0.1) is 0 Å². The summed E-state index contributed by atoms with van der Waals surface area (Å²) in [5.41, 5.74) is -3.63. The van der Waals surface area contributed by atoms with Gasteiger partial charge in [-0.25, -0.2) is 0 Å². The van der Waals surface area contributed by atoms with Crippen molar-refractivity contribution in [3.63, 3.8) is 0 Å². The van der Waals surface area contributed by atoms with Crippen molar-refractivity contribution in [2.24, 2.45) is 11.3 Å². The van der Waals surface area contributed by atoms with E-state index in [0.717, 1.165) is 19.1 Å². The van der Waals surface area contributed by atoms with Gasteiger partial charge in [0.05, 0.1) is 16.9 Å². The zero-order valence-corrected chi connectivity index (χ0v) is 8.88. The second-order valence-corrected chi connectivity index (χ2v) is 4.58. The predicted molar refractivity (Wildman–Crippen MR) is 49.7 cm³/mol. The standard InChI is InChI=1S/C10H13F3O3/c1-8(7(14)15)3-4-9(2,16)6(5-8)10(11,12)13/h3-4,6,16H,5H2,1-2H3,(H,14,15). The van der Waals surface area contributed by atoms with E-state index in [9.17, 15) is 23.1 Å². The minimum absolute atomic E-state index is 0.657. The van der Waals surface area contributed by atoms with Crippen molar-refractivity contribution >= 4 is 5.97 Å². The fourth-order valence-electron chi connectivity index (χ4n) is 1.77. The molecule has 3 nitrogen and oxygen atoms in total. The number of rotatable bonds is 1. The van der Waals surface area contributed by atoms with Gasteiger partial charge in [-0.05, 0) is 20.3 Å². The van der Waals surface area contributed by atoms with Gasteiger partial charge in [-0.2, -0.15) is 13.2 Å². The SMILES string of the molecule is CC1(C(=O)O)C=CC(C)(O)C(C(F)(F)F)C1. The molecule has 0 spiro atoms. The van der Waals surface area contributed by atoms with E-state index in [-0.39, 0.29) is 0 Å². The van der Waals surface area contributed by atoms with Gasteiger partial charge in [0, 0.05) is 0 Å². The molecule has 6 heteroatoms. The van der Waals surface area contributed by atoms with Crippen molar-refractivity contribution in [3.05, 3.63) is 12.2 Å². The summed E-state index contributed by atoms with van der Waals surface area (Å²) < 4.78 is 38.0. The zero-order chi connectivity index (χ0) is 12.8. The van der Waals surface area contributed by atoms with Gasteiger partial charge in [-0.3, -0.25) is 4.79 Å². The maximum Gasteiger partial charge on any atom is 0.394 e. The molecule has 92 valence electrons. The Kier molecular flexibility index (Phi) is 2.83. The maximum absolute atomic E-state index is 12.7.